The monoisotopic (exact) mass is 866 g/mol. The van der Waals surface area contributed by atoms with Crippen LogP contribution in [0.5, 0.6) is 0 Å². The van der Waals surface area contributed by atoms with Gasteiger partial charge in [0, 0.05) is 0 Å². The number of hydrogen-bond acceptors (Lipinski definition) is 4. The van der Waals surface area contributed by atoms with Crippen LogP contribution in [0.2, 0.25) is 19.6 Å². The van der Waals surface area contributed by atoms with Gasteiger partial charge in [0.15, 0.2) is 8.32 Å². The third-order valence-electron chi connectivity index (χ3n) is 10.4. The van der Waals surface area contributed by atoms with E-state index < -0.39 is 43.0 Å². The summed E-state index contributed by atoms with van der Waals surface area (Å²) in [6.07, 6.45) is 0. The zero-order chi connectivity index (χ0) is 41.3. The van der Waals surface area contributed by atoms with Gasteiger partial charge in [-0.15, -0.1) is 0 Å². The summed E-state index contributed by atoms with van der Waals surface area (Å²) in [5.41, 5.74) is 0. The summed E-state index contributed by atoms with van der Waals surface area (Å²) in [4.78, 5) is 0. The Labute approximate surface area is 361 Å². The lowest BCUT2D eigenvalue weighted by Gasteiger charge is -2.48. The molecule has 8 aromatic rings. The predicted octanol–water partition coefficient (Wildman–Crippen LogP) is 6.20. The van der Waals surface area contributed by atoms with Gasteiger partial charge in [0.25, 0.3) is 0 Å². The molecule has 9 heteroatoms. The Kier molecular flexibility index (Phi) is 12.8. The second kappa shape index (κ2) is 18.5. The highest BCUT2D eigenvalue weighted by Gasteiger charge is 2.61. The van der Waals surface area contributed by atoms with Crippen LogP contribution >= 0.6 is 0 Å². The van der Waals surface area contributed by atoms with Crippen LogP contribution in [0.25, 0.3) is 0 Å². The highest BCUT2D eigenvalue weighted by Crippen LogP contribution is 2.27. The van der Waals surface area contributed by atoms with E-state index in [0.29, 0.717) is 0 Å². The summed E-state index contributed by atoms with van der Waals surface area (Å²) >= 11 is 0. The fourth-order valence-electron chi connectivity index (χ4n) is 7.82. The normalized spacial score (nSPS) is 12.3. The summed E-state index contributed by atoms with van der Waals surface area (Å²) in [7, 11) is -16.4. The van der Waals surface area contributed by atoms with Gasteiger partial charge >= 0.3 is 25.7 Å². The Morgan fingerprint density at radius 1 is 0.267 bits per heavy atom. The van der Waals surface area contributed by atoms with E-state index in [1.54, 1.807) is 0 Å². The van der Waals surface area contributed by atoms with Crippen molar-refractivity contribution in [3.05, 3.63) is 243 Å². The van der Waals surface area contributed by atoms with Crippen molar-refractivity contribution >= 4 is 84.5 Å². The van der Waals surface area contributed by atoms with Crippen molar-refractivity contribution in [1.29, 1.82) is 0 Å². The van der Waals surface area contributed by atoms with E-state index in [0.717, 1.165) is 31.1 Å². The molecule has 60 heavy (non-hydrogen) atoms. The van der Waals surface area contributed by atoms with E-state index in [4.69, 9.17) is 16.5 Å². The number of benzene rings is 8. The first-order chi connectivity index (χ1) is 29.3. The number of hydrogen-bond donors (Lipinski definition) is 0. The van der Waals surface area contributed by atoms with E-state index in [-0.39, 0.29) is 0 Å². The Morgan fingerprint density at radius 3 is 0.750 bits per heavy atom. The highest BCUT2D eigenvalue weighted by atomic mass is 28.5. The third kappa shape index (κ3) is 8.91. The second-order valence-corrected chi connectivity index (χ2v) is 32.7. The van der Waals surface area contributed by atoms with Gasteiger partial charge in [-0.25, -0.2) is 0 Å². The van der Waals surface area contributed by atoms with Crippen molar-refractivity contribution in [2.75, 3.05) is 0 Å². The largest absolute Gasteiger partial charge is 0.430 e. The molecule has 0 amide bonds. The maximum absolute atomic E-state index is 8.59. The van der Waals surface area contributed by atoms with Crippen molar-refractivity contribution in [2.45, 2.75) is 19.6 Å². The van der Waals surface area contributed by atoms with E-state index >= 15 is 0 Å². The Balaban J connectivity index is 1.50. The van der Waals surface area contributed by atoms with Crippen LogP contribution in [0.4, 0.5) is 0 Å². The maximum atomic E-state index is 8.59. The van der Waals surface area contributed by atoms with Gasteiger partial charge in [0.2, 0.25) is 9.04 Å². The molecule has 0 fully saturated rings. The van der Waals surface area contributed by atoms with Gasteiger partial charge in [0.1, 0.15) is 0 Å². The average molecular weight is 867 g/mol. The lowest BCUT2D eigenvalue weighted by molar-refractivity contribution is 0.330. The molecular formula is C51H50O4Si5. The first kappa shape index (κ1) is 41.4. The van der Waals surface area contributed by atoms with Crippen molar-refractivity contribution in [3.8, 4) is 0 Å². The quantitative estimate of drug-likeness (QED) is 0.109. The van der Waals surface area contributed by atoms with Crippen molar-refractivity contribution in [2.24, 2.45) is 0 Å². The summed E-state index contributed by atoms with van der Waals surface area (Å²) in [5, 5.41) is 8.36. The molecule has 0 aliphatic carbocycles. The minimum Gasteiger partial charge on any atom is -0.430 e. The van der Waals surface area contributed by atoms with Gasteiger partial charge in [-0.05, 0) is 61.1 Å². The molecule has 0 spiro atoms. The standard InChI is InChI=1S/C51H50O4Si5/c1-57(2,3)53-59(48-36-20-8-21-37-48,49-38-22-9-23-39-49)55-60(50-40-24-10-25-41-50,51-42-26-11-27-43-51)54-58(46-32-16-6-17-33-46,47-34-18-7-19-35-47)52-56(44-28-12-4-13-29-44)45-30-14-5-15-31-45/h4-43,56H,1-3H3. The molecule has 0 aliphatic heterocycles. The first-order valence-corrected chi connectivity index (χ1v) is 31.0. The van der Waals surface area contributed by atoms with Crippen LogP contribution in [0, 0.1) is 0 Å². The van der Waals surface area contributed by atoms with Crippen LogP contribution in [0.15, 0.2) is 243 Å². The van der Waals surface area contributed by atoms with Gasteiger partial charge in [-0.1, -0.05) is 243 Å². The van der Waals surface area contributed by atoms with Crippen LogP contribution in [0.3, 0.4) is 0 Å². The zero-order valence-electron chi connectivity index (χ0n) is 34.3. The summed E-state index contributed by atoms with van der Waals surface area (Å²) in [6, 6.07) is 85.2. The SMILES string of the molecule is C[Si](C)(C)O[Si](O[Si](O[Si](O[SiH](c1ccccc1)c1ccccc1)(c1ccccc1)c1ccccc1)(c1ccccc1)c1ccccc1)(c1ccccc1)c1ccccc1. The summed E-state index contributed by atoms with van der Waals surface area (Å²) < 4.78 is 33.0. The van der Waals surface area contributed by atoms with Gasteiger partial charge < -0.3 is 16.5 Å². The van der Waals surface area contributed by atoms with Gasteiger partial charge in [-0.3, -0.25) is 0 Å². The molecule has 298 valence electrons. The number of rotatable bonds is 16. The molecule has 0 saturated heterocycles. The van der Waals surface area contributed by atoms with E-state index in [1.807, 2.05) is 0 Å². The van der Waals surface area contributed by atoms with Crippen LogP contribution in [-0.4, -0.2) is 43.0 Å². The Bertz CT molecular complexity index is 2360. The Morgan fingerprint density at radius 2 is 0.483 bits per heavy atom. The molecule has 8 rings (SSSR count). The average Bonchev–Trinajstić information content (AvgIpc) is 3.31. The van der Waals surface area contributed by atoms with Crippen LogP contribution in [0.1, 0.15) is 0 Å². The fourth-order valence-corrected chi connectivity index (χ4v) is 30.8. The molecule has 0 N–H and O–H groups in total. The molecule has 0 saturated carbocycles. The molecular weight excluding hydrogens is 817 g/mol. The van der Waals surface area contributed by atoms with Gasteiger partial charge in [-0.2, -0.15) is 0 Å². The molecule has 0 heterocycles. The minimum absolute atomic E-state index is 0.976. The maximum Gasteiger partial charge on any atom is 0.390 e. The molecule has 0 unspecified atom stereocenters. The molecule has 0 aromatic heterocycles. The molecule has 0 radical (unpaired) electrons. The van der Waals surface area contributed by atoms with Crippen LogP contribution < -0.4 is 41.5 Å². The molecule has 0 aliphatic rings. The second-order valence-electron chi connectivity index (χ2n) is 15.8. The minimum atomic E-state index is -4.00. The van der Waals surface area contributed by atoms with Crippen molar-refractivity contribution < 1.29 is 16.5 Å². The molecule has 0 bridgehead atoms. The van der Waals surface area contributed by atoms with E-state index in [2.05, 4.69) is 262 Å². The smallest absolute Gasteiger partial charge is 0.390 e. The topological polar surface area (TPSA) is 36.9 Å². The predicted molar refractivity (Wildman–Crippen MR) is 261 cm³/mol. The molecule has 4 nitrogen and oxygen atoms in total. The van der Waals surface area contributed by atoms with Gasteiger partial charge in [0.05, 0.1) is 0 Å². The zero-order valence-corrected chi connectivity index (χ0v) is 39.5. The lowest BCUT2D eigenvalue weighted by atomic mass is 10.4. The van der Waals surface area contributed by atoms with Crippen molar-refractivity contribution in [3.63, 3.8) is 0 Å². The van der Waals surface area contributed by atoms with Crippen LogP contribution in [-0.2, 0) is 16.5 Å². The summed E-state index contributed by atoms with van der Waals surface area (Å²) in [5.74, 6) is 0. The van der Waals surface area contributed by atoms with E-state index in [1.165, 1.54) is 10.4 Å². The van der Waals surface area contributed by atoms with Crippen molar-refractivity contribution in [1.82, 2.24) is 0 Å². The Hall–Kier alpha value is -5.32. The lowest BCUT2D eigenvalue weighted by Crippen LogP contribution is -2.81. The fraction of sp³-hybridized carbons (Fsp3) is 0.0588. The highest BCUT2D eigenvalue weighted by molar-refractivity contribution is 7.11. The summed E-state index contributed by atoms with van der Waals surface area (Å²) in [6.45, 7) is 6.77. The van der Waals surface area contributed by atoms with E-state index in [9.17, 15) is 0 Å². The molecule has 8 aromatic carbocycles. The molecule has 0 atom stereocenters. The first-order valence-electron chi connectivity index (χ1n) is 20.5. The third-order valence-corrected chi connectivity index (χ3v) is 29.4.